The molecule has 1 heterocycles. The summed E-state index contributed by atoms with van der Waals surface area (Å²) < 4.78 is 2.01. The summed E-state index contributed by atoms with van der Waals surface area (Å²) in [5, 5.41) is 12.1. The summed E-state index contributed by atoms with van der Waals surface area (Å²) in [6, 6.07) is 7.97. The summed E-state index contributed by atoms with van der Waals surface area (Å²) in [4.78, 5) is 12.2. The standard InChI is InChI=1S/C19H26N4OS/c1-6-11-23-18(14(4)5)21-22-19(23)25-12-17(24)20-16-9-7-15(8-10-16)13(2)3/h6-10,13-14H,1,11-12H2,2-5H3,(H,20,24). The molecule has 0 radical (unpaired) electrons. The van der Waals surface area contributed by atoms with Gasteiger partial charge in [-0.05, 0) is 23.6 Å². The number of nitrogens with one attached hydrogen (secondary N) is 1. The number of allylic oxidation sites excluding steroid dienone is 1. The molecule has 0 bridgehead atoms. The third kappa shape index (κ3) is 5.19. The summed E-state index contributed by atoms with van der Waals surface area (Å²) >= 11 is 1.39. The van der Waals surface area contributed by atoms with Crippen molar-refractivity contribution in [2.45, 2.75) is 51.2 Å². The molecule has 0 saturated heterocycles. The second kappa shape index (κ2) is 8.85. The van der Waals surface area contributed by atoms with E-state index in [4.69, 9.17) is 0 Å². The van der Waals surface area contributed by atoms with Gasteiger partial charge in [0.1, 0.15) is 5.82 Å². The van der Waals surface area contributed by atoms with Crippen LogP contribution < -0.4 is 5.32 Å². The highest BCUT2D eigenvalue weighted by molar-refractivity contribution is 7.99. The number of amides is 1. The molecule has 25 heavy (non-hydrogen) atoms. The molecule has 2 aromatic rings. The first kappa shape index (κ1) is 19.2. The Morgan fingerprint density at radius 3 is 2.44 bits per heavy atom. The fourth-order valence-corrected chi connectivity index (χ4v) is 3.17. The number of hydrogen-bond donors (Lipinski definition) is 1. The van der Waals surface area contributed by atoms with Crippen LogP contribution in [0.15, 0.2) is 42.1 Å². The lowest BCUT2D eigenvalue weighted by Gasteiger charge is -2.10. The number of nitrogens with zero attached hydrogens (tertiary/aromatic N) is 3. The van der Waals surface area contributed by atoms with Crippen molar-refractivity contribution in [1.82, 2.24) is 14.8 Å². The van der Waals surface area contributed by atoms with Gasteiger partial charge in [0.05, 0.1) is 5.75 Å². The first-order valence-corrected chi connectivity index (χ1v) is 9.47. The zero-order chi connectivity index (χ0) is 18.4. The SMILES string of the molecule is C=CCn1c(SCC(=O)Nc2ccc(C(C)C)cc2)nnc1C(C)C. The molecule has 0 fully saturated rings. The molecule has 0 saturated carbocycles. The molecule has 0 aliphatic rings. The van der Waals surface area contributed by atoms with Gasteiger partial charge in [0.15, 0.2) is 5.16 Å². The highest BCUT2D eigenvalue weighted by atomic mass is 32.2. The maximum atomic E-state index is 12.2. The molecule has 1 aromatic carbocycles. The van der Waals surface area contributed by atoms with E-state index >= 15 is 0 Å². The van der Waals surface area contributed by atoms with Crippen LogP contribution in [0.2, 0.25) is 0 Å². The van der Waals surface area contributed by atoms with Crippen LogP contribution >= 0.6 is 11.8 Å². The van der Waals surface area contributed by atoms with Crippen molar-refractivity contribution in [2.24, 2.45) is 0 Å². The van der Waals surface area contributed by atoms with E-state index in [1.54, 1.807) is 0 Å². The highest BCUT2D eigenvalue weighted by Crippen LogP contribution is 2.22. The minimum atomic E-state index is -0.0541. The van der Waals surface area contributed by atoms with Crippen LogP contribution in [0.5, 0.6) is 0 Å². The smallest absolute Gasteiger partial charge is 0.234 e. The van der Waals surface area contributed by atoms with Crippen molar-refractivity contribution in [3.8, 4) is 0 Å². The number of rotatable bonds is 8. The van der Waals surface area contributed by atoms with Gasteiger partial charge in [0.2, 0.25) is 5.91 Å². The molecule has 0 atom stereocenters. The van der Waals surface area contributed by atoms with E-state index in [1.807, 2.05) is 34.9 Å². The third-order valence-electron chi connectivity index (χ3n) is 3.77. The first-order valence-electron chi connectivity index (χ1n) is 8.49. The monoisotopic (exact) mass is 358 g/mol. The molecule has 1 N–H and O–H groups in total. The van der Waals surface area contributed by atoms with Crippen LogP contribution in [0.3, 0.4) is 0 Å². The Hall–Kier alpha value is -2.08. The van der Waals surface area contributed by atoms with Crippen LogP contribution in [-0.2, 0) is 11.3 Å². The molecule has 0 spiro atoms. The molecule has 1 aromatic heterocycles. The predicted octanol–water partition coefficient (Wildman–Crippen LogP) is 4.44. The van der Waals surface area contributed by atoms with E-state index in [9.17, 15) is 4.79 Å². The van der Waals surface area contributed by atoms with Gasteiger partial charge in [0.25, 0.3) is 0 Å². The van der Waals surface area contributed by atoms with Gasteiger partial charge in [-0.1, -0.05) is 57.7 Å². The van der Waals surface area contributed by atoms with E-state index in [0.717, 1.165) is 16.7 Å². The number of anilines is 1. The predicted molar refractivity (Wildman–Crippen MR) is 104 cm³/mol. The Morgan fingerprint density at radius 1 is 1.20 bits per heavy atom. The molecule has 6 heteroatoms. The zero-order valence-electron chi connectivity index (χ0n) is 15.3. The summed E-state index contributed by atoms with van der Waals surface area (Å²) in [5.41, 5.74) is 2.07. The van der Waals surface area contributed by atoms with E-state index in [1.165, 1.54) is 17.3 Å². The van der Waals surface area contributed by atoms with Crippen LogP contribution in [0.4, 0.5) is 5.69 Å². The molecule has 5 nitrogen and oxygen atoms in total. The van der Waals surface area contributed by atoms with Gasteiger partial charge < -0.3 is 9.88 Å². The molecule has 2 rings (SSSR count). The van der Waals surface area contributed by atoms with Crippen molar-refractivity contribution in [3.05, 3.63) is 48.3 Å². The van der Waals surface area contributed by atoms with Crippen molar-refractivity contribution in [2.75, 3.05) is 11.1 Å². The number of benzene rings is 1. The Kier molecular flexibility index (Phi) is 6.82. The third-order valence-corrected chi connectivity index (χ3v) is 4.73. The van der Waals surface area contributed by atoms with E-state index in [0.29, 0.717) is 18.2 Å². The van der Waals surface area contributed by atoms with Gasteiger partial charge in [-0.3, -0.25) is 4.79 Å². The lowest BCUT2D eigenvalue weighted by atomic mass is 10.0. The summed E-state index contributed by atoms with van der Waals surface area (Å²) in [7, 11) is 0. The summed E-state index contributed by atoms with van der Waals surface area (Å²) in [6.45, 7) is 12.9. The minimum Gasteiger partial charge on any atom is -0.325 e. The van der Waals surface area contributed by atoms with Crippen LogP contribution in [0, 0.1) is 0 Å². The Morgan fingerprint density at radius 2 is 1.88 bits per heavy atom. The molecule has 0 aliphatic carbocycles. The van der Waals surface area contributed by atoms with Crippen LogP contribution in [-0.4, -0.2) is 26.4 Å². The van der Waals surface area contributed by atoms with Crippen molar-refractivity contribution in [1.29, 1.82) is 0 Å². The largest absolute Gasteiger partial charge is 0.325 e. The molecule has 134 valence electrons. The van der Waals surface area contributed by atoms with E-state index in [2.05, 4.69) is 49.8 Å². The quantitative estimate of drug-likeness (QED) is 0.560. The van der Waals surface area contributed by atoms with Crippen molar-refractivity contribution in [3.63, 3.8) is 0 Å². The van der Waals surface area contributed by atoms with Gasteiger partial charge in [0, 0.05) is 18.2 Å². The number of aromatic nitrogens is 3. The normalized spacial score (nSPS) is 11.1. The van der Waals surface area contributed by atoms with Crippen molar-refractivity contribution < 1.29 is 4.79 Å². The van der Waals surface area contributed by atoms with Crippen LogP contribution in [0.25, 0.3) is 0 Å². The minimum absolute atomic E-state index is 0.0541. The number of carbonyl (C=O) groups is 1. The van der Waals surface area contributed by atoms with Gasteiger partial charge in [-0.2, -0.15) is 0 Å². The second-order valence-corrected chi connectivity index (χ2v) is 7.45. The molecular formula is C19H26N4OS. The van der Waals surface area contributed by atoms with Gasteiger partial charge in [-0.25, -0.2) is 0 Å². The fourth-order valence-electron chi connectivity index (χ4n) is 2.41. The maximum Gasteiger partial charge on any atom is 0.234 e. The number of carbonyl (C=O) groups excluding carboxylic acids is 1. The van der Waals surface area contributed by atoms with Gasteiger partial charge >= 0.3 is 0 Å². The summed E-state index contributed by atoms with van der Waals surface area (Å²) in [5.74, 6) is 1.90. The highest BCUT2D eigenvalue weighted by Gasteiger charge is 2.15. The number of thioether (sulfide) groups is 1. The fraction of sp³-hybridized carbons (Fsp3) is 0.421. The van der Waals surface area contributed by atoms with Gasteiger partial charge in [-0.15, -0.1) is 16.8 Å². The topological polar surface area (TPSA) is 59.8 Å². The lowest BCUT2D eigenvalue weighted by molar-refractivity contribution is -0.113. The van der Waals surface area contributed by atoms with Crippen molar-refractivity contribution >= 4 is 23.4 Å². The lowest BCUT2D eigenvalue weighted by Crippen LogP contribution is -2.15. The molecule has 1 amide bonds. The van der Waals surface area contributed by atoms with E-state index in [-0.39, 0.29) is 11.8 Å². The average molecular weight is 359 g/mol. The zero-order valence-corrected chi connectivity index (χ0v) is 16.1. The van der Waals surface area contributed by atoms with Crippen LogP contribution in [0.1, 0.15) is 50.9 Å². The average Bonchev–Trinajstić information content (AvgIpc) is 2.97. The Balaban J connectivity index is 1.96. The Bertz CT molecular complexity index is 720. The second-order valence-electron chi connectivity index (χ2n) is 6.51. The maximum absolute atomic E-state index is 12.2. The first-order chi connectivity index (χ1) is 11.9. The van der Waals surface area contributed by atoms with E-state index < -0.39 is 0 Å². The number of hydrogen-bond acceptors (Lipinski definition) is 4. The summed E-state index contributed by atoms with van der Waals surface area (Å²) in [6.07, 6.45) is 1.82. The Labute approximate surface area is 153 Å². The molecular weight excluding hydrogens is 332 g/mol. The molecule has 0 aliphatic heterocycles. The molecule has 0 unspecified atom stereocenters.